The lowest BCUT2D eigenvalue weighted by atomic mass is 10.0. The Hall–Kier alpha value is -2.57. The summed E-state index contributed by atoms with van der Waals surface area (Å²) in [6, 6.07) is 15.3. The number of piperidine rings is 1. The van der Waals surface area contributed by atoms with Crippen LogP contribution in [0.3, 0.4) is 0 Å². The van der Waals surface area contributed by atoms with Crippen molar-refractivity contribution < 1.29 is 9.47 Å². The lowest BCUT2D eigenvalue weighted by molar-refractivity contribution is 0.165. The highest BCUT2D eigenvalue weighted by atomic mass is 16.7. The quantitative estimate of drug-likeness (QED) is 0.540. The number of hydrogen-bond donors (Lipinski definition) is 1. The topological polar surface area (TPSA) is 51.6 Å². The van der Waals surface area contributed by atoms with Gasteiger partial charge in [-0.2, -0.15) is 0 Å². The molecule has 6 nitrogen and oxygen atoms in total. The number of imidazole rings is 1. The molecule has 6 heteroatoms. The van der Waals surface area contributed by atoms with Gasteiger partial charge in [-0.05, 0) is 37.6 Å². The van der Waals surface area contributed by atoms with E-state index >= 15 is 0 Å². The molecule has 0 radical (unpaired) electrons. The molecule has 3 heterocycles. The van der Waals surface area contributed by atoms with Crippen LogP contribution in [0.2, 0.25) is 0 Å². The molecule has 0 saturated carbocycles. The van der Waals surface area contributed by atoms with Crippen LogP contribution < -0.4 is 14.8 Å². The Balaban J connectivity index is 0.00000119. The predicted octanol–water partition coefficient (Wildman–Crippen LogP) is 4.78. The zero-order chi connectivity index (χ0) is 22.3. The number of nitrogens with zero attached hydrogens (tertiary/aromatic N) is 3. The van der Waals surface area contributed by atoms with Crippen molar-refractivity contribution in [3.8, 4) is 11.5 Å². The normalized spacial score (nSPS) is 16.2. The molecule has 3 aromatic rings. The van der Waals surface area contributed by atoms with E-state index in [-0.39, 0.29) is 0 Å². The van der Waals surface area contributed by atoms with Gasteiger partial charge in [-0.3, -0.25) is 4.90 Å². The van der Waals surface area contributed by atoms with E-state index in [1.807, 2.05) is 19.9 Å². The summed E-state index contributed by atoms with van der Waals surface area (Å²) in [6.45, 7) is 11.5. The summed E-state index contributed by atoms with van der Waals surface area (Å²) in [6.07, 6.45) is 3.25. The first-order valence-electron chi connectivity index (χ1n) is 12.1. The summed E-state index contributed by atoms with van der Waals surface area (Å²) < 4.78 is 13.7. The Bertz CT molecular complexity index is 1010. The van der Waals surface area contributed by atoms with Crippen LogP contribution in [-0.2, 0) is 13.0 Å². The summed E-state index contributed by atoms with van der Waals surface area (Å²) in [4.78, 5) is 7.50. The van der Waals surface area contributed by atoms with Gasteiger partial charge in [-0.25, -0.2) is 4.98 Å². The minimum atomic E-state index is 0.331. The predicted molar refractivity (Wildman–Crippen MR) is 129 cm³/mol. The third-order valence-electron chi connectivity index (χ3n) is 6.24. The van der Waals surface area contributed by atoms with Crippen LogP contribution in [0.25, 0.3) is 11.0 Å². The van der Waals surface area contributed by atoms with E-state index < -0.39 is 0 Å². The number of likely N-dealkylation sites (tertiary alicyclic amines) is 1. The van der Waals surface area contributed by atoms with Crippen molar-refractivity contribution in [1.29, 1.82) is 0 Å². The maximum atomic E-state index is 5.69. The molecular weight excluding hydrogens is 400 g/mol. The SMILES string of the molecule is CC.CCNCCc1nc2ccccc2n1C1CCN(Cc2cccc3c2OCO3)CC1. The molecule has 2 aliphatic rings. The number of nitrogens with one attached hydrogen (secondary N) is 1. The van der Waals surface area contributed by atoms with Crippen LogP contribution in [0.1, 0.15) is 51.0 Å². The van der Waals surface area contributed by atoms with Gasteiger partial charge in [0.05, 0.1) is 11.0 Å². The van der Waals surface area contributed by atoms with E-state index in [1.165, 1.54) is 16.9 Å². The maximum Gasteiger partial charge on any atom is 0.231 e. The standard InChI is InChI=1S/C24H30N4O2.C2H6/c1-2-25-13-10-23-26-20-7-3-4-8-21(20)28(23)19-11-14-27(15-12-19)16-18-6-5-9-22-24(18)30-17-29-22;1-2/h3-9,19,25H,2,10-17H2,1H3;1-2H3. The molecule has 0 atom stereocenters. The van der Waals surface area contributed by atoms with Gasteiger partial charge in [0, 0.05) is 44.2 Å². The molecule has 1 aromatic heterocycles. The third kappa shape index (κ3) is 4.76. The Kier molecular flexibility index (Phi) is 7.66. The number of benzene rings is 2. The molecule has 32 heavy (non-hydrogen) atoms. The lowest BCUT2D eigenvalue weighted by Crippen LogP contribution is -2.34. The zero-order valence-electron chi connectivity index (χ0n) is 19.6. The van der Waals surface area contributed by atoms with Crippen molar-refractivity contribution in [2.45, 2.75) is 52.6 Å². The highest BCUT2D eigenvalue weighted by Crippen LogP contribution is 2.37. The monoisotopic (exact) mass is 436 g/mol. The second-order valence-corrected chi connectivity index (χ2v) is 8.15. The van der Waals surface area contributed by atoms with Gasteiger partial charge in [0.2, 0.25) is 6.79 Å². The fraction of sp³-hybridized carbons (Fsp3) is 0.500. The second kappa shape index (κ2) is 10.8. The van der Waals surface area contributed by atoms with Crippen LogP contribution in [0.5, 0.6) is 11.5 Å². The molecule has 172 valence electrons. The molecule has 1 fully saturated rings. The van der Waals surface area contributed by atoms with Gasteiger partial charge in [0.25, 0.3) is 0 Å². The summed E-state index contributed by atoms with van der Waals surface area (Å²) in [5.74, 6) is 3.01. The second-order valence-electron chi connectivity index (χ2n) is 8.15. The van der Waals surface area contributed by atoms with E-state index in [0.29, 0.717) is 12.8 Å². The van der Waals surface area contributed by atoms with Crippen molar-refractivity contribution in [2.75, 3.05) is 33.0 Å². The molecule has 5 rings (SSSR count). The molecule has 2 aromatic carbocycles. The minimum Gasteiger partial charge on any atom is -0.454 e. The number of ether oxygens (including phenoxy) is 2. The largest absolute Gasteiger partial charge is 0.454 e. The van der Waals surface area contributed by atoms with Gasteiger partial charge in [-0.15, -0.1) is 0 Å². The fourth-order valence-corrected chi connectivity index (χ4v) is 4.75. The first-order valence-corrected chi connectivity index (χ1v) is 12.1. The fourth-order valence-electron chi connectivity index (χ4n) is 4.75. The van der Waals surface area contributed by atoms with Crippen molar-refractivity contribution >= 4 is 11.0 Å². The summed E-state index contributed by atoms with van der Waals surface area (Å²) >= 11 is 0. The van der Waals surface area contributed by atoms with E-state index in [1.54, 1.807) is 0 Å². The average Bonchev–Trinajstić information content (AvgIpc) is 3.46. The third-order valence-corrected chi connectivity index (χ3v) is 6.24. The average molecular weight is 437 g/mol. The van der Waals surface area contributed by atoms with Gasteiger partial charge in [0.1, 0.15) is 5.82 Å². The van der Waals surface area contributed by atoms with Crippen LogP contribution in [0.4, 0.5) is 0 Å². The summed E-state index contributed by atoms with van der Waals surface area (Å²) in [7, 11) is 0. The number of fused-ring (bicyclic) bond motifs is 2. The number of para-hydroxylation sites is 3. The van der Waals surface area contributed by atoms with Crippen molar-refractivity contribution in [2.24, 2.45) is 0 Å². The molecule has 0 aliphatic carbocycles. The van der Waals surface area contributed by atoms with Crippen molar-refractivity contribution in [3.63, 3.8) is 0 Å². The Morgan fingerprint density at radius 1 is 1.03 bits per heavy atom. The zero-order valence-corrected chi connectivity index (χ0v) is 19.6. The van der Waals surface area contributed by atoms with Gasteiger partial charge in [-0.1, -0.05) is 45.0 Å². The molecule has 1 N–H and O–H groups in total. The van der Waals surface area contributed by atoms with Crippen molar-refractivity contribution in [3.05, 3.63) is 53.9 Å². The highest BCUT2D eigenvalue weighted by molar-refractivity contribution is 5.76. The maximum absolute atomic E-state index is 5.69. The van der Waals surface area contributed by atoms with Crippen LogP contribution in [-0.4, -0.2) is 47.4 Å². The van der Waals surface area contributed by atoms with Gasteiger partial charge >= 0.3 is 0 Å². The molecule has 0 unspecified atom stereocenters. The molecule has 0 bridgehead atoms. The first-order chi connectivity index (χ1) is 15.8. The molecule has 1 saturated heterocycles. The summed E-state index contributed by atoms with van der Waals surface area (Å²) in [5.41, 5.74) is 3.61. The van der Waals surface area contributed by atoms with Crippen LogP contribution in [0, 0.1) is 0 Å². The lowest BCUT2D eigenvalue weighted by Gasteiger charge is -2.33. The van der Waals surface area contributed by atoms with E-state index in [2.05, 4.69) is 58.1 Å². The van der Waals surface area contributed by atoms with Gasteiger partial charge in [0.15, 0.2) is 11.5 Å². The van der Waals surface area contributed by atoms with Crippen LogP contribution >= 0.6 is 0 Å². The Labute approximate surface area is 191 Å². The van der Waals surface area contributed by atoms with E-state index in [4.69, 9.17) is 14.5 Å². The molecule has 0 amide bonds. The number of hydrogen-bond acceptors (Lipinski definition) is 5. The Morgan fingerprint density at radius 2 is 1.84 bits per heavy atom. The summed E-state index contributed by atoms with van der Waals surface area (Å²) in [5, 5.41) is 3.44. The molecular formula is C26H36N4O2. The Morgan fingerprint density at radius 3 is 2.66 bits per heavy atom. The molecule has 0 spiro atoms. The molecule has 2 aliphatic heterocycles. The smallest absolute Gasteiger partial charge is 0.231 e. The van der Waals surface area contributed by atoms with Crippen LogP contribution in [0.15, 0.2) is 42.5 Å². The number of aromatic nitrogens is 2. The van der Waals surface area contributed by atoms with E-state index in [0.717, 1.165) is 69.0 Å². The number of rotatable bonds is 7. The number of likely N-dealkylation sites (N-methyl/N-ethyl adjacent to an activating group) is 1. The van der Waals surface area contributed by atoms with E-state index in [9.17, 15) is 0 Å². The highest BCUT2D eigenvalue weighted by Gasteiger charge is 2.26. The van der Waals surface area contributed by atoms with Crippen molar-refractivity contribution in [1.82, 2.24) is 19.8 Å². The first kappa shape index (κ1) is 22.6. The van der Waals surface area contributed by atoms with Gasteiger partial charge < -0.3 is 19.4 Å². The minimum absolute atomic E-state index is 0.331.